The lowest BCUT2D eigenvalue weighted by Gasteiger charge is -2.08. The molecule has 88 valence electrons. The van der Waals surface area contributed by atoms with Crippen LogP contribution in [0.15, 0.2) is 23.1 Å². The maximum Gasteiger partial charge on any atom is 0.272 e. The smallest absolute Gasteiger partial charge is 0.258 e. The van der Waals surface area contributed by atoms with Crippen LogP contribution in [0, 0.1) is 15.9 Å². The minimum absolute atomic E-state index is 0.472. The quantitative estimate of drug-likeness (QED) is 0.603. The Labute approximate surface area is 92.0 Å². The van der Waals surface area contributed by atoms with E-state index in [-0.39, 0.29) is 0 Å². The normalized spacial score (nSPS) is 11.8. The fraction of sp³-hybridized carbons (Fsp3) is 0.333. The Hall–Kier alpha value is -1.50. The van der Waals surface area contributed by atoms with Gasteiger partial charge in [-0.25, -0.2) is 12.8 Å². The van der Waals surface area contributed by atoms with Crippen LogP contribution < -0.4 is 0 Å². The summed E-state index contributed by atoms with van der Waals surface area (Å²) in [5.41, 5.74) is -0.472. The second-order valence-corrected chi connectivity index (χ2v) is 5.94. The lowest BCUT2D eigenvalue weighted by atomic mass is 10.3. The lowest BCUT2D eigenvalue weighted by molar-refractivity contribution is -0.385. The van der Waals surface area contributed by atoms with Gasteiger partial charge in [0.05, 0.1) is 16.2 Å². The number of nitrogens with zero attached hydrogens (tertiary/aromatic N) is 1. The van der Waals surface area contributed by atoms with Crippen LogP contribution in [-0.4, -0.2) is 18.6 Å². The summed E-state index contributed by atoms with van der Waals surface area (Å²) in [5, 5.41) is 9.56. The lowest BCUT2D eigenvalue weighted by Crippen LogP contribution is -2.15. The van der Waals surface area contributed by atoms with Crippen LogP contribution in [0.5, 0.6) is 0 Å². The van der Waals surface area contributed by atoms with E-state index in [2.05, 4.69) is 0 Å². The minimum atomic E-state index is -3.75. The monoisotopic (exact) mass is 247 g/mol. The van der Waals surface area contributed by atoms with Crippen LogP contribution in [-0.2, 0) is 9.84 Å². The third-order valence-electron chi connectivity index (χ3n) is 2.05. The van der Waals surface area contributed by atoms with Crippen molar-refractivity contribution in [3.05, 3.63) is 34.1 Å². The van der Waals surface area contributed by atoms with Crippen molar-refractivity contribution in [1.82, 2.24) is 0 Å². The summed E-state index contributed by atoms with van der Waals surface area (Å²) in [6.07, 6.45) is 0. The number of sulfone groups is 1. The minimum Gasteiger partial charge on any atom is -0.258 e. The first-order chi connectivity index (χ1) is 7.26. The van der Waals surface area contributed by atoms with Gasteiger partial charge in [-0.05, 0) is 19.9 Å². The zero-order valence-corrected chi connectivity index (χ0v) is 9.49. The number of hydrogen-bond donors (Lipinski definition) is 0. The molecule has 0 saturated heterocycles. The van der Waals surface area contributed by atoms with E-state index in [4.69, 9.17) is 0 Å². The number of nitro groups is 1. The summed E-state index contributed by atoms with van der Waals surface area (Å²) in [6.45, 7) is 2.83. The Morgan fingerprint density at radius 1 is 1.38 bits per heavy atom. The number of benzene rings is 1. The molecule has 0 fully saturated rings. The van der Waals surface area contributed by atoms with Gasteiger partial charge in [0.1, 0.15) is 10.7 Å². The molecule has 0 amide bonds. The molecule has 0 unspecified atom stereocenters. The predicted octanol–water partition coefficient (Wildman–Crippen LogP) is 1.92. The van der Waals surface area contributed by atoms with Gasteiger partial charge >= 0.3 is 0 Å². The van der Waals surface area contributed by atoms with Crippen molar-refractivity contribution in [2.75, 3.05) is 0 Å². The van der Waals surface area contributed by atoms with Crippen molar-refractivity contribution in [1.29, 1.82) is 0 Å². The summed E-state index contributed by atoms with van der Waals surface area (Å²) in [5.74, 6) is -1.09. The molecule has 0 N–H and O–H groups in total. The molecule has 0 atom stereocenters. The van der Waals surface area contributed by atoms with Crippen molar-refractivity contribution in [2.45, 2.75) is 24.0 Å². The van der Waals surface area contributed by atoms with Crippen molar-refractivity contribution in [3.8, 4) is 0 Å². The van der Waals surface area contributed by atoms with Gasteiger partial charge in [-0.3, -0.25) is 10.1 Å². The molecule has 0 spiro atoms. The van der Waals surface area contributed by atoms with E-state index in [0.29, 0.717) is 6.07 Å². The van der Waals surface area contributed by atoms with Crippen LogP contribution in [0.1, 0.15) is 13.8 Å². The van der Waals surface area contributed by atoms with E-state index < -0.39 is 36.4 Å². The molecule has 1 rings (SSSR count). The third kappa shape index (κ3) is 2.19. The van der Waals surface area contributed by atoms with E-state index in [0.717, 1.165) is 12.1 Å². The fourth-order valence-electron chi connectivity index (χ4n) is 1.09. The van der Waals surface area contributed by atoms with Crippen molar-refractivity contribution >= 4 is 15.5 Å². The molecule has 7 heteroatoms. The van der Waals surface area contributed by atoms with Gasteiger partial charge in [-0.2, -0.15) is 0 Å². The highest BCUT2D eigenvalue weighted by Gasteiger charge is 2.24. The average Bonchev–Trinajstić information content (AvgIpc) is 2.16. The Morgan fingerprint density at radius 2 is 1.94 bits per heavy atom. The van der Waals surface area contributed by atoms with Crippen molar-refractivity contribution in [2.24, 2.45) is 0 Å². The summed E-state index contributed by atoms with van der Waals surface area (Å²) >= 11 is 0. The first-order valence-corrected chi connectivity index (χ1v) is 5.99. The molecule has 1 aromatic carbocycles. The van der Waals surface area contributed by atoms with Gasteiger partial charge < -0.3 is 0 Å². The average molecular weight is 247 g/mol. The number of non-ortho nitro benzene ring substituents is 1. The zero-order chi connectivity index (χ0) is 12.5. The van der Waals surface area contributed by atoms with Crippen LogP contribution in [0.3, 0.4) is 0 Å². The largest absolute Gasteiger partial charge is 0.272 e. The summed E-state index contributed by atoms with van der Waals surface area (Å²) in [4.78, 5) is 9.05. The van der Waals surface area contributed by atoms with Gasteiger partial charge in [0.25, 0.3) is 5.69 Å². The highest BCUT2D eigenvalue weighted by molar-refractivity contribution is 7.92. The third-order valence-corrected chi connectivity index (χ3v) is 4.24. The van der Waals surface area contributed by atoms with Gasteiger partial charge in [-0.1, -0.05) is 0 Å². The van der Waals surface area contributed by atoms with Crippen LogP contribution in [0.4, 0.5) is 10.1 Å². The van der Waals surface area contributed by atoms with Gasteiger partial charge in [0.2, 0.25) is 0 Å². The topological polar surface area (TPSA) is 77.3 Å². The number of rotatable bonds is 3. The second-order valence-electron chi connectivity index (χ2n) is 3.47. The molecule has 16 heavy (non-hydrogen) atoms. The standard InChI is InChI=1S/C9H10FNO4S/c1-6(2)16(14,15)9-4-3-7(11(12)13)5-8(9)10/h3-6H,1-2H3. The van der Waals surface area contributed by atoms with E-state index >= 15 is 0 Å². The van der Waals surface area contributed by atoms with E-state index in [1.54, 1.807) is 0 Å². The van der Waals surface area contributed by atoms with Gasteiger partial charge in [0, 0.05) is 6.07 Å². The Kier molecular flexibility index (Phi) is 3.27. The van der Waals surface area contributed by atoms with E-state index in [1.807, 2.05) is 0 Å². The van der Waals surface area contributed by atoms with Crippen molar-refractivity contribution in [3.63, 3.8) is 0 Å². The molecule has 0 heterocycles. The van der Waals surface area contributed by atoms with Crippen molar-refractivity contribution < 1.29 is 17.7 Å². The maximum absolute atomic E-state index is 13.4. The Balaban J connectivity index is 3.35. The number of nitro benzene ring substituents is 1. The Bertz CT molecular complexity index is 524. The predicted molar refractivity (Wildman–Crippen MR) is 55.4 cm³/mol. The molecule has 0 aliphatic carbocycles. The van der Waals surface area contributed by atoms with Gasteiger partial charge in [0.15, 0.2) is 9.84 Å². The first-order valence-electron chi connectivity index (χ1n) is 4.44. The highest BCUT2D eigenvalue weighted by atomic mass is 32.2. The first kappa shape index (κ1) is 12.6. The number of halogens is 1. The molecule has 0 aromatic heterocycles. The Morgan fingerprint density at radius 3 is 2.31 bits per heavy atom. The second kappa shape index (κ2) is 4.17. The molecular weight excluding hydrogens is 237 g/mol. The molecule has 5 nitrogen and oxygen atoms in total. The molecule has 0 saturated carbocycles. The maximum atomic E-state index is 13.4. The SMILES string of the molecule is CC(C)S(=O)(=O)c1ccc([N+](=O)[O-])cc1F. The molecule has 1 aromatic rings. The number of hydrogen-bond acceptors (Lipinski definition) is 4. The van der Waals surface area contributed by atoms with E-state index in [1.165, 1.54) is 13.8 Å². The molecule has 0 aliphatic heterocycles. The summed E-state index contributed by atoms with van der Waals surface area (Å²) in [6, 6.07) is 2.50. The molecular formula is C9H10FNO4S. The van der Waals surface area contributed by atoms with E-state index in [9.17, 15) is 22.9 Å². The highest BCUT2D eigenvalue weighted by Crippen LogP contribution is 2.23. The van der Waals surface area contributed by atoms with Crippen LogP contribution in [0.2, 0.25) is 0 Å². The van der Waals surface area contributed by atoms with Crippen LogP contribution in [0.25, 0.3) is 0 Å². The zero-order valence-electron chi connectivity index (χ0n) is 8.68. The molecule has 0 bridgehead atoms. The fourth-order valence-corrected chi connectivity index (χ4v) is 2.18. The summed E-state index contributed by atoms with van der Waals surface area (Å²) in [7, 11) is -3.75. The molecule has 0 aliphatic rings. The summed E-state index contributed by atoms with van der Waals surface area (Å²) < 4.78 is 36.6. The van der Waals surface area contributed by atoms with Crippen LogP contribution >= 0.6 is 0 Å². The van der Waals surface area contributed by atoms with Gasteiger partial charge in [-0.15, -0.1) is 0 Å². The molecule has 0 radical (unpaired) electrons.